The van der Waals surface area contributed by atoms with Crippen LogP contribution in [0.5, 0.6) is 0 Å². The van der Waals surface area contributed by atoms with Crippen molar-refractivity contribution in [1.29, 1.82) is 0 Å². The molecule has 0 radical (unpaired) electrons. The zero-order valence-electron chi connectivity index (χ0n) is 9.65. The summed E-state index contributed by atoms with van der Waals surface area (Å²) in [6, 6.07) is 9.76. The number of pyridine rings is 2. The molecule has 0 aliphatic heterocycles. The van der Waals surface area contributed by atoms with E-state index < -0.39 is 0 Å². The van der Waals surface area contributed by atoms with E-state index in [0.29, 0.717) is 5.69 Å². The van der Waals surface area contributed by atoms with E-state index in [1.54, 1.807) is 18.0 Å². The summed E-state index contributed by atoms with van der Waals surface area (Å²) in [6.07, 6.45) is 5.71. The fourth-order valence-corrected chi connectivity index (χ4v) is 2.41. The molecule has 2 N–H and O–H groups in total. The van der Waals surface area contributed by atoms with Crippen LogP contribution in [0.15, 0.2) is 53.9 Å². The van der Waals surface area contributed by atoms with Gasteiger partial charge in [-0.1, -0.05) is 17.8 Å². The first-order valence-corrected chi connectivity index (χ1v) is 6.57. The van der Waals surface area contributed by atoms with E-state index in [-0.39, 0.29) is 0 Å². The fourth-order valence-electron chi connectivity index (χ4n) is 1.68. The summed E-state index contributed by atoms with van der Waals surface area (Å²) < 4.78 is 2.02. The number of nitrogens with zero attached hydrogens (tertiary/aromatic N) is 3. The molecule has 5 heteroatoms. The summed E-state index contributed by atoms with van der Waals surface area (Å²) in [5.41, 5.74) is 8.30. The maximum atomic E-state index is 5.60. The Bertz CT molecular complexity index is 627. The molecular formula is C13H12N4S. The third-order valence-electron chi connectivity index (χ3n) is 2.54. The van der Waals surface area contributed by atoms with Gasteiger partial charge >= 0.3 is 0 Å². The number of imidazole rings is 1. The van der Waals surface area contributed by atoms with Crippen molar-refractivity contribution < 1.29 is 0 Å². The minimum Gasteiger partial charge on any atom is -0.397 e. The van der Waals surface area contributed by atoms with E-state index in [4.69, 9.17) is 5.73 Å². The lowest BCUT2D eigenvalue weighted by molar-refractivity contribution is 1.13. The number of hydrogen-bond acceptors (Lipinski definition) is 4. The number of thioether (sulfide) groups is 1. The van der Waals surface area contributed by atoms with Crippen LogP contribution in [0.4, 0.5) is 5.69 Å². The van der Waals surface area contributed by atoms with Gasteiger partial charge in [0.05, 0.1) is 22.6 Å². The van der Waals surface area contributed by atoms with Gasteiger partial charge in [0.15, 0.2) is 0 Å². The Hall–Kier alpha value is -2.01. The highest BCUT2D eigenvalue weighted by Gasteiger charge is 2.02. The van der Waals surface area contributed by atoms with Crippen LogP contribution in [-0.4, -0.2) is 14.4 Å². The second-order valence-electron chi connectivity index (χ2n) is 3.92. The third-order valence-corrected chi connectivity index (χ3v) is 3.52. The molecule has 4 nitrogen and oxygen atoms in total. The fraction of sp³-hybridized carbons (Fsp3) is 0.0769. The van der Waals surface area contributed by atoms with Crippen molar-refractivity contribution in [1.82, 2.24) is 14.4 Å². The van der Waals surface area contributed by atoms with Crippen LogP contribution in [0.25, 0.3) is 5.65 Å². The van der Waals surface area contributed by atoms with Crippen LogP contribution in [0.2, 0.25) is 0 Å². The number of nitrogen functional groups attached to an aromatic ring is 1. The Labute approximate surface area is 109 Å². The predicted octanol–water partition coefficient (Wildman–Crippen LogP) is 2.60. The maximum Gasteiger partial charge on any atom is 0.137 e. The molecule has 3 heterocycles. The molecule has 0 saturated heterocycles. The average Bonchev–Trinajstić information content (AvgIpc) is 2.81. The van der Waals surface area contributed by atoms with Crippen molar-refractivity contribution in [2.24, 2.45) is 0 Å². The summed E-state index contributed by atoms with van der Waals surface area (Å²) in [4.78, 5) is 8.79. The van der Waals surface area contributed by atoms with Gasteiger partial charge < -0.3 is 10.1 Å². The smallest absolute Gasteiger partial charge is 0.137 e. The highest BCUT2D eigenvalue weighted by molar-refractivity contribution is 7.98. The molecule has 3 aromatic heterocycles. The van der Waals surface area contributed by atoms with Gasteiger partial charge in [-0.15, -0.1) is 0 Å². The highest BCUT2D eigenvalue weighted by atomic mass is 32.2. The molecule has 18 heavy (non-hydrogen) atoms. The van der Waals surface area contributed by atoms with E-state index in [0.717, 1.165) is 22.1 Å². The Kier molecular flexibility index (Phi) is 2.90. The lowest BCUT2D eigenvalue weighted by Crippen LogP contribution is -1.87. The normalized spacial score (nSPS) is 10.9. The first-order chi connectivity index (χ1) is 8.81. The van der Waals surface area contributed by atoms with Gasteiger partial charge in [0, 0.05) is 18.1 Å². The lowest BCUT2D eigenvalue weighted by Gasteiger charge is -1.98. The molecule has 0 unspecified atom stereocenters. The van der Waals surface area contributed by atoms with Gasteiger partial charge in [-0.05, 0) is 24.3 Å². The molecule has 0 amide bonds. The molecule has 3 aromatic rings. The summed E-state index contributed by atoms with van der Waals surface area (Å²) in [5.74, 6) is 0.804. The number of fused-ring (bicyclic) bond motifs is 1. The van der Waals surface area contributed by atoms with Crippen LogP contribution >= 0.6 is 11.8 Å². The molecule has 0 aliphatic carbocycles. The average molecular weight is 256 g/mol. The lowest BCUT2D eigenvalue weighted by atomic mass is 10.4. The molecule has 0 spiro atoms. The van der Waals surface area contributed by atoms with E-state index in [1.807, 2.05) is 47.1 Å². The zero-order chi connectivity index (χ0) is 12.4. The van der Waals surface area contributed by atoms with Crippen LogP contribution in [0.1, 0.15) is 5.69 Å². The largest absolute Gasteiger partial charge is 0.397 e. The first kappa shape index (κ1) is 11.1. The molecule has 90 valence electrons. The second-order valence-corrected chi connectivity index (χ2v) is 4.91. The third kappa shape index (κ3) is 2.31. The Morgan fingerprint density at radius 1 is 1.22 bits per heavy atom. The number of anilines is 1. The monoisotopic (exact) mass is 256 g/mol. The molecule has 0 fully saturated rings. The van der Waals surface area contributed by atoms with Crippen molar-refractivity contribution in [3.05, 3.63) is 54.6 Å². The van der Waals surface area contributed by atoms with Crippen LogP contribution < -0.4 is 5.73 Å². The van der Waals surface area contributed by atoms with Gasteiger partial charge in [0.1, 0.15) is 5.65 Å². The van der Waals surface area contributed by atoms with Gasteiger partial charge in [-0.25, -0.2) is 9.97 Å². The second kappa shape index (κ2) is 4.70. The van der Waals surface area contributed by atoms with Gasteiger partial charge in [0.2, 0.25) is 0 Å². The molecule has 3 rings (SSSR count). The predicted molar refractivity (Wildman–Crippen MR) is 73.4 cm³/mol. The number of hydrogen-bond donors (Lipinski definition) is 1. The Morgan fingerprint density at radius 3 is 2.94 bits per heavy atom. The molecule has 0 aliphatic rings. The molecular weight excluding hydrogens is 244 g/mol. The van der Waals surface area contributed by atoms with Crippen LogP contribution in [-0.2, 0) is 5.75 Å². The molecule has 0 bridgehead atoms. The summed E-state index contributed by atoms with van der Waals surface area (Å²) in [7, 11) is 0. The molecule has 0 atom stereocenters. The van der Waals surface area contributed by atoms with Gasteiger partial charge in [-0.3, -0.25) is 0 Å². The Balaban J connectivity index is 1.74. The van der Waals surface area contributed by atoms with Crippen LogP contribution in [0.3, 0.4) is 0 Å². The molecule has 0 aromatic carbocycles. The highest BCUT2D eigenvalue weighted by Crippen LogP contribution is 2.21. The van der Waals surface area contributed by atoms with Crippen LogP contribution in [0, 0.1) is 0 Å². The minimum absolute atomic E-state index is 0.687. The Morgan fingerprint density at radius 2 is 2.17 bits per heavy atom. The van der Waals surface area contributed by atoms with Crippen molar-refractivity contribution in [2.75, 3.05) is 5.73 Å². The SMILES string of the molecule is Nc1ccc(SCc2cn3ccccc3n2)nc1. The number of aromatic nitrogens is 3. The van der Waals surface area contributed by atoms with Crippen molar-refractivity contribution in [3.8, 4) is 0 Å². The van der Waals surface area contributed by atoms with Gasteiger partial charge in [-0.2, -0.15) is 0 Å². The van der Waals surface area contributed by atoms with Gasteiger partial charge in [0.25, 0.3) is 0 Å². The minimum atomic E-state index is 0.687. The van der Waals surface area contributed by atoms with Crippen molar-refractivity contribution >= 4 is 23.1 Å². The quantitative estimate of drug-likeness (QED) is 0.732. The standard InChI is InChI=1S/C13H12N4S/c14-10-4-5-13(15-7-10)18-9-11-8-17-6-2-1-3-12(17)16-11/h1-8H,9,14H2. The zero-order valence-corrected chi connectivity index (χ0v) is 10.5. The van der Waals surface area contributed by atoms with E-state index in [9.17, 15) is 0 Å². The maximum absolute atomic E-state index is 5.60. The summed E-state index contributed by atoms with van der Waals surface area (Å²) in [5, 5.41) is 0.959. The van der Waals surface area contributed by atoms with E-state index in [1.165, 1.54) is 0 Å². The molecule has 0 saturated carbocycles. The van der Waals surface area contributed by atoms with E-state index in [2.05, 4.69) is 9.97 Å². The summed E-state index contributed by atoms with van der Waals surface area (Å²) >= 11 is 1.65. The number of rotatable bonds is 3. The number of nitrogens with two attached hydrogens (primary N) is 1. The van der Waals surface area contributed by atoms with E-state index >= 15 is 0 Å². The summed E-state index contributed by atoms with van der Waals surface area (Å²) in [6.45, 7) is 0. The van der Waals surface area contributed by atoms with Crippen molar-refractivity contribution in [3.63, 3.8) is 0 Å². The first-order valence-electron chi connectivity index (χ1n) is 5.58. The topological polar surface area (TPSA) is 56.2 Å². The van der Waals surface area contributed by atoms with Crippen molar-refractivity contribution in [2.45, 2.75) is 10.8 Å².